The van der Waals surface area contributed by atoms with Crippen LogP contribution in [-0.2, 0) is 4.79 Å². The van der Waals surface area contributed by atoms with E-state index in [0.717, 1.165) is 10.2 Å². The molecule has 0 aromatic heterocycles. The summed E-state index contributed by atoms with van der Waals surface area (Å²) in [6, 6.07) is 12.2. The number of hydrogen-bond donors (Lipinski definition) is 2. The molecule has 0 radical (unpaired) electrons. The van der Waals surface area contributed by atoms with Crippen LogP contribution in [0.15, 0.2) is 46.9 Å². The Balaban J connectivity index is 2.08. The maximum atomic E-state index is 12.1. The summed E-state index contributed by atoms with van der Waals surface area (Å²) in [5.74, 6) is -0.170. The van der Waals surface area contributed by atoms with E-state index < -0.39 is 6.04 Å². The molecule has 3 nitrogen and oxygen atoms in total. The SMILES string of the molecule is CC(Nc1c(Cl)cc(Br)cc1Cl)C(=O)Nc1ccccc1. The Morgan fingerprint density at radius 1 is 1.14 bits per heavy atom. The van der Waals surface area contributed by atoms with Crippen molar-refractivity contribution in [3.05, 3.63) is 57.0 Å². The second kappa shape index (κ2) is 7.16. The van der Waals surface area contributed by atoms with Crippen molar-refractivity contribution in [3.8, 4) is 0 Å². The van der Waals surface area contributed by atoms with Crippen LogP contribution >= 0.6 is 39.1 Å². The molecule has 0 saturated heterocycles. The van der Waals surface area contributed by atoms with Gasteiger partial charge in [0.15, 0.2) is 0 Å². The Kier molecular flexibility index (Phi) is 5.51. The molecule has 0 heterocycles. The first kappa shape index (κ1) is 16.1. The highest BCUT2D eigenvalue weighted by atomic mass is 79.9. The quantitative estimate of drug-likeness (QED) is 0.757. The average molecular weight is 388 g/mol. The van der Waals surface area contributed by atoms with Crippen LogP contribution in [0.3, 0.4) is 0 Å². The van der Waals surface area contributed by atoms with Gasteiger partial charge < -0.3 is 10.6 Å². The molecule has 0 spiro atoms. The zero-order chi connectivity index (χ0) is 15.4. The molecule has 110 valence electrons. The summed E-state index contributed by atoms with van der Waals surface area (Å²) in [7, 11) is 0. The molecule has 21 heavy (non-hydrogen) atoms. The second-order valence-corrected chi connectivity index (χ2v) is 6.20. The molecule has 0 fully saturated rings. The van der Waals surface area contributed by atoms with Crippen LogP contribution in [0.25, 0.3) is 0 Å². The first-order valence-corrected chi connectivity index (χ1v) is 7.79. The number of rotatable bonds is 4. The first-order valence-electron chi connectivity index (χ1n) is 6.24. The predicted octanol–water partition coefficient (Wildman–Crippen LogP) is 5.20. The molecule has 1 amide bonds. The van der Waals surface area contributed by atoms with E-state index in [0.29, 0.717) is 15.7 Å². The molecule has 2 aromatic rings. The lowest BCUT2D eigenvalue weighted by molar-refractivity contribution is -0.116. The van der Waals surface area contributed by atoms with Gasteiger partial charge in [-0.2, -0.15) is 0 Å². The minimum absolute atomic E-state index is 0.170. The van der Waals surface area contributed by atoms with Crippen LogP contribution in [0.4, 0.5) is 11.4 Å². The van der Waals surface area contributed by atoms with Gasteiger partial charge in [-0.25, -0.2) is 0 Å². The summed E-state index contributed by atoms with van der Waals surface area (Å²) in [4.78, 5) is 12.1. The summed E-state index contributed by atoms with van der Waals surface area (Å²) in [5, 5.41) is 6.75. The fourth-order valence-electron chi connectivity index (χ4n) is 1.73. The van der Waals surface area contributed by atoms with E-state index in [1.165, 1.54) is 0 Å². The fourth-order valence-corrected chi connectivity index (χ4v) is 3.05. The zero-order valence-electron chi connectivity index (χ0n) is 11.2. The van der Waals surface area contributed by atoms with E-state index in [-0.39, 0.29) is 5.91 Å². The number of para-hydroxylation sites is 1. The highest BCUT2D eigenvalue weighted by molar-refractivity contribution is 9.10. The molecule has 6 heteroatoms. The summed E-state index contributed by atoms with van der Waals surface area (Å²) in [6.07, 6.45) is 0. The van der Waals surface area contributed by atoms with Gasteiger partial charge in [-0.05, 0) is 31.2 Å². The Bertz CT molecular complexity index is 626. The fraction of sp³-hybridized carbons (Fsp3) is 0.133. The lowest BCUT2D eigenvalue weighted by Crippen LogP contribution is -2.32. The van der Waals surface area contributed by atoms with Gasteiger partial charge in [-0.1, -0.05) is 57.3 Å². The monoisotopic (exact) mass is 386 g/mol. The lowest BCUT2D eigenvalue weighted by atomic mass is 10.2. The minimum atomic E-state index is -0.485. The van der Waals surface area contributed by atoms with E-state index in [4.69, 9.17) is 23.2 Å². The number of halogens is 3. The number of carbonyl (C=O) groups excluding carboxylic acids is 1. The Morgan fingerprint density at radius 3 is 2.29 bits per heavy atom. The van der Waals surface area contributed by atoms with Crippen molar-refractivity contribution in [2.45, 2.75) is 13.0 Å². The van der Waals surface area contributed by atoms with Crippen LogP contribution < -0.4 is 10.6 Å². The third-order valence-corrected chi connectivity index (χ3v) is 3.86. The van der Waals surface area contributed by atoms with Gasteiger partial charge in [0.05, 0.1) is 15.7 Å². The van der Waals surface area contributed by atoms with E-state index >= 15 is 0 Å². The molecule has 0 aliphatic carbocycles. The second-order valence-electron chi connectivity index (χ2n) is 4.47. The first-order chi connectivity index (χ1) is 9.97. The molecule has 1 atom stereocenters. The van der Waals surface area contributed by atoms with E-state index in [2.05, 4.69) is 26.6 Å². The van der Waals surface area contributed by atoms with Crippen LogP contribution in [0.5, 0.6) is 0 Å². The topological polar surface area (TPSA) is 41.1 Å². The van der Waals surface area contributed by atoms with Gasteiger partial charge in [0, 0.05) is 10.2 Å². The Morgan fingerprint density at radius 2 is 1.71 bits per heavy atom. The van der Waals surface area contributed by atoms with Crippen LogP contribution in [0, 0.1) is 0 Å². The minimum Gasteiger partial charge on any atom is -0.371 e. The Labute approximate surface area is 141 Å². The maximum Gasteiger partial charge on any atom is 0.246 e. The van der Waals surface area contributed by atoms with Crippen LogP contribution in [-0.4, -0.2) is 11.9 Å². The van der Waals surface area contributed by atoms with Crippen molar-refractivity contribution in [1.29, 1.82) is 0 Å². The van der Waals surface area contributed by atoms with Crippen molar-refractivity contribution in [1.82, 2.24) is 0 Å². The number of hydrogen-bond acceptors (Lipinski definition) is 2. The molecule has 2 N–H and O–H groups in total. The summed E-state index contributed by atoms with van der Waals surface area (Å²) in [6.45, 7) is 1.74. The highest BCUT2D eigenvalue weighted by Crippen LogP contribution is 2.34. The molecule has 0 saturated carbocycles. The van der Waals surface area contributed by atoms with Crippen LogP contribution in [0.1, 0.15) is 6.92 Å². The smallest absolute Gasteiger partial charge is 0.246 e. The molecule has 0 bridgehead atoms. The zero-order valence-corrected chi connectivity index (χ0v) is 14.3. The summed E-state index contributed by atoms with van der Waals surface area (Å²) in [5.41, 5.74) is 1.28. The third-order valence-electron chi connectivity index (χ3n) is 2.80. The van der Waals surface area contributed by atoms with E-state index in [1.54, 1.807) is 19.1 Å². The largest absolute Gasteiger partial charge is 0.371 e. The molecular weight excluding hydrogens is 375 g/mol. The van der Waals surface area contributed by atoms with Crippen LogP contribution in [0.2, 0.25) is 10.0 Å². The molecule has 1 unspecified atom stereocenters. The molecule has 2 aromatic carbocycles. The number of anilines is 2. The van der Waals surface area contributed by atoms with Crippen molar-refractivity contribution in [2.75, 3.05) is 10.6 Å². The number of benzene rings is 2. The molecule has 0 aliphatic heterocycles. The Hall–Kier alpha value is -1.23. The number of nitrogens with one attached hydrogen (secondary N) is 2. The highest BCUT2D eigenvalue weighted by Gasteiger charge is 2.16. The van der Waals surface area contributed by atoms with Gasteiger partial charge in [0.2, 0.25) is 5.91 Å². The van der Waals surface area contributed by atoms with Crippen molar-refractivity contribution < 1.29 is 4.79 Å². The number of carbonyl (C=O) groups is 1. The summed E-state index contributed by atoms with van der Waals surface area (Å²) < 4.78 is 0.782. The van der Waals surface area contributed by atoms with Gasteiger partial charge >= 0.3 is 0 Å². The lowest BCUT2D eigenvalue weighted by Gasteiger charge is -2.17. The van der Waals surface area contributed by atoms with E-state index in [9.17, 15) is 4.79 Å². The van der Waals surface area contributed by atoms with Gasteiger partial charge in [-0.15, -0.1) is 0 Å². The predicted molar refractivity (Wildman–Crippen MR) is 92.3 cm³/mol. The maximum absolute atomic E-state index is 12.1. The molecule has 0 aliphatic rings. The van der Waals surface area contributed by atoms with E-state index in [1.807, 2.05) is 30.3 Å². The summed E-state index contributed by atoms with van der Waals surface area (Å²) >= 11 is 15.6. The third kappa shape index (κ3) is 4.37. The van der Waals surface area contributed by atoms with Crippen molar-refractivity contribution in [3.63, 3.8) is 0 Å². The van der Waals surface area contributed by atoms with Gasteiger partial charge in [0.25, 0.3) is 0 Å². The van der Waals surface area contributed by atoms with Crippen molar-refractivity contribution >= 4 is 56.4 Å². The van der Waals surface area contributed by atoms with Crippen molar-refractivity contribution in [2.24, 2.45) is 0 Å². The average Bonchev–Trinajstić information content (AvgIpc) is 2.43. The number of amides is 1. The normalized spacial score (nSPS) is 11.8. The van der Waals surface area contributed by atoms with Gasteiger partial charge in [-0.3, -0.25) is 4.79 Å². The molecule has 2 rings (SSSR count). The molecular formula is C15H13BrCl2N2O. The van der Waals surface area contributed by atoms with Gasteiger partial charge in [0.1, 0.15) is 6.04 Å². The standard InChI is InChI=1S/C15H13BrCl2N2O/c1-9(15(21)20-11-5-3-2-4-6-11)19-14-12(17)7-10(16)8-13(14)18/h2-9,19H,1H3,(H,20,21).